The fourth-order valence-electron chi connectivity index (χ4n) is 3.26. The van der Waals surface area contributed by atoms with Crippen molar-refractivity contribution in [3.05, 3.63) is 34.3 Å². The van der Waals surface area contributed by atoms with Gasteiger partial charge in [-0.1, -0.05) is 28.1 Å². The second kappa shape index (κ2) is 6.39. The Morgan fingerprint density at radius 2 is 2.40 bits per heavy atom. The SMILES string of the molecule is CC(NC1CCOC2(CCSC2)C1)c1cccc(Br)c1. The molecule has 2 nitrogen and oxygen atoms in total. The molecule has 2 aliphatic rings. The Kier molecular flexibility index (Phi) is 4.75. The highest BCUT2D eigenvalue weighted by atomic mass is 79.9. The fraction of sp³-hybridized carbons (Fsp3) is 0.625. The van der Waals surface area contributed by atoms with E-state index in [9.17, 15) is 0 Å². The highest BCUT2D eigenvalue weighted by Gasteiger charge is 2.40. The molecule has 0 bridgehead atoms. The van der Waals surface area contributed by atoms with Gasteiger partial charge in [-0.2, -0.15) is 11.8 Å². The topological polar surface area (TPSA) is 21.3 Å². The Bertz CT molecular complexity index is 462. The molecule has 2 fully saturated rings. The second-order valence-corrected chi connectivity index (χ2v) is 7.99. The average molecular weight is 356 g/mol. The van der Waals surface area contributed by atoms with Crippen LogP contribution >= 0.6 is 27.7 Å². The smallest absolute Gasteiger partial charge is 0.0795 e. The van der Waals surface area contributed by atoms with E-state index in [1.54, 1.807) is 0 Å². The number of ether oxygens (including phenoxy) is 1. The average Bonchev–Trinajstić information content (AvgIpc) is 2.87. The number of thioether (sulfide) groups is 1. The maximum Gasteiger partial charge on any atom is 0.0795 e. The zero-order valence-corrected chi connectivity index (χ0v) is 14.3. The first-order valence-corrected chi connectivity index (χ1v) is 9.35. The molecule has 20 heavy (non-hydrogen) atoms. The number of nitrogens with one attached hydrogen (secondary N) is 1. The zero-order valence-electron chi connectivity index (χ0n) is 11.9. The summed E-state index contributed by atoms with van der Waals surface area (Å²) in [5.41, 5.74) is 1.51. The Morgan fingerprint density at radius 3 is 3.15 bits per heavy atom. The number of halogens is 1. The molecule has 0 saturated carbocycles. The third-order valence-corrected chi connectivity index (χ3v) is 6.11. The molecule has 0 aromatic heterocycles. The Morgan fingerprint density at radius 1 is 1.50 bits per heavy atom. The molecule has 2 saturated heterocycles. The van der Waals surface area contributed by atoms with Crippen LogP contribution in [0.5, 0.6) is 0 Å². The van der Waals surface area contributed by atoms with Crippen LogP contribution < -0.4 is 5.32 Å². The van der Waals surface area contributed by atoms with Crippen LogP contribution in [0.2, 0.25) is 0 Å². The molecule has 4 heteroatoms. The molecule has 2 heterocycles. The number of benzene rings is 1. The molecule has 0 radical (unpaired) electrons. The van der Waals surface area contributed by atoms with Crippen molar-refractivity contribution in [3.63, 3.8) is 0 Å². The summed E-state index contributed by atoms with van der Waals surface area (Å²) < 4.78 is 7.25. The molecule has 1 aromatic carbocycles. The molecule has 3 rings (SSSR count). The van der Waals surface area contributed by atoms with Crippen molar-refractivity contribution in [2.75, 3.05) is 18.1 Å². The maximum atomic E-state index is 6.09. The van der Waals surface area contributed by atoms with Gasteiger partial charge in [-0.05, 0) is 49.6 Å². The van der Waals surface area contributed by atoms with E-state index in [0.717, 1.165) is 17.5 Å². The van der Waals surface area contributed by atoms with Gasteiger partial charge in [-0.15, -0.1) is 0 Å². The molecule has 3 unspecified atom stereocenters. The van der Waals surface area contributed by atoms with Gasteiger partial charge in [-0.25, -0.2) is 0 Å². The van der Waals surface area contributed by atoms with Gasteiger partial charge in [-0.3, -0.25) is 0 Å². The first-order valence-electron chi connectivity index (χ1n) is 7.40. The monoisotopic (exact) mass is 355 g/mol. The van der Waals surface area contributed by atoms with E-state index in [2.05, 4.69) is 52.4 Å². The molecule has 0 amide bonds. The molecule has 110 valence electrons. The zero-order chi connectivity index (χ0) is 14.0. The van der Waals surface area contributed by atoms with Gasteiger partial charge < -0.3 is 10.1 Å². The van der Waals surface area contributed by atoms with E-state index in [1.165, 1.54) is 29.9 Å². The van der Waals surface area contributed by atoms with Crippen LogP contribution in [0.1, 0.15) is 37.8 Å². The van der Waals surface area contributed by atoms with Crippen LogP contribution in [0.15, 0.2) is 28.7 Å². The Balaban J connectivity index is 1.62. The van der Waals surface area contributed by atoms with Gasteiger partial charge in [0.05, 0.1) is 5.60 Å². The van der Waals surface area contributed by atoms with Gasteiger partial charge in [0.15, 0.2) is 0 Å². The molecule has 1 N–H and O–H groups in total. The van der Waals surface area contributed by atoms with Crippen LogP contribution in [0.3, 0.4) is 0 Å². The van der Waals surface area contributed by atoms with E-state index in [1.807, 2.05) is 11.8 Å². The van der Waals surface area contributed by atoms with Gasteiger partial charge in [0.25, 0.3) is 0 Å². The lowest BCUT2D eigenvalue weighted by Crippen LogP contribution is -2.47. The van der Waals surface area contributed by atoms with Crippen molar-refractivity contribution in [2.24, 2.45) is 0 Å². The van der Waals surface area contributed by atoms with Crippen LogP contribution in [0, 0.1) is 0 Å². The minimum Gasteiger partial charge on any atom is -0.374 e. The van der Waals surface area contributed by atoms with E-state index >= 15 is 0 Å². The second-order valence-electron chi connectivity index (χ2n) is 5.97. The highest BCUT2D eigenvalue weighted by Crippen LogP contribution is 2.38. The lowest BCUT2D eigenvalue weighted by Gasteiger charge is -2.39. The minimum atomic E-state index is 0.164. The largest absolute Gasteiger partial charge is 0.374 e. The van der Waals surface area contributed by atoms with Gasteiger partial charge in [0.1, 0.15) is 0 Å². The summed E-state index contributed by atoms with van der Waals surface area (Å²) in [6, 6.07) is 9.56. The van der Waals surface area contributed by atoms with Crippen molar-refractivity contribution in [2.45, 2.75) is 43.9 Å². The molecule has 3 atom stereocenters. The molecule has 2 aliphatic heterocycles. The molecule has 1 aromatic rings. The number of hydrogen-bond acceptors (Lipinski definition) is 3. The fourth-order valence-corrected chi connectivity index (χ4v) is 5.05. The molecule has 0 aliphatic carbocycles. The third kappa shape index (κ3) is 3.41. The summed E-state index contributed by atoms with van der Waals surface area (Å²) in [7, 11) is 0. The van der Waals surface area contributed by atoms with Crippen molar-refractivity contribution in [1.29, 1.82) is 0 Å². The standard InChI is InChI=1S/C16H22BrNOS/c1-12(13-3-2-4-14(17)9-13)18-15-5-7-19-16(10-15)6-8-20-11-16/h2-4,9,12,15,18H,5-8,10-11H2,1H3. The van der Waals surface area contributed by atoms with E-state index in [4.69, 9.17) is 4.74 Å². The minimum absolute atomic E-state index is 0.164. The predicted octanol–water partition coefficient (Wildman–Crippen LogP) is 4.15. The molecular formula is C16H22BrNOS. The van der Waals surface area contributed by atoms with Crippen molar-refractivity contribution < 1.29 is 4.74 Å². The summed E-state index contributed by atoms with van der Waals surface area (Å²) in [5, 5.41) is 3.80. The number of rotatable bonds is 3. The third-order valence-electron chi connectivity index (χ3n) is 4.39. The van der Waals surface area contributed by atoms with Gasteiger partial charge in [0.2, 0.25) is 0 Å². The maximum absolute atomic E-state index is 6.09. The predicted molar refractivity (Wildman–Crippen MR) is 89.3 cm³/mol. The van der Waals surface area contributed by atoms with Gasteiger partial charge >= 0.3 is 0 Å². The van der Waals surface area contributed by atoms with E-state index in [0.29, 0.717) is 12.1 Å². The van der Waals surface area contributed by atoms with Crippen molar-refractivity contribution in [1.82, 2.24) is 5.32 Å². The lowest BCUT2D eigenvalue weighted by atomic mass is 9.89. The van der Waals surface area contributed by atoms with Crippen LogP contribution in [0.25, 0.3) is 0 Å². The lowest BCUT2D eigenvalue weighted by molar-refractivity contribution is -0.0711. The Labute approximate surface area is 134 Å². The van der Waals surface area contributed by atoms with Crippen LogP contribution in [0.4, 0.5) is 0 Å². The summed E-state index contributed by atoms with van der Waals surface area (Å²) >= 11 is 5.59. The first-order chi connectivity index (χ1) is 9.67. The van der Waals surface area contributed by atoms with Crippen LogP contribution in [-0.4, -0.2) is 29.8 Å². The van der Waals surface area contributed by atoms with Crippen molar-refractivity contribution in [3.8, 4) is 0 Å². The molecular weight excluding hydrogens is 334 g/mol. The van der Waals surface area contributed by atoms with Gasteiger partial charge in [0, 0.05) is 28.9 Å². The highest BCUT2D eigenvalue weighted by molar-refractivity contribution is 9.10. The quantitative estimate of drug-likeness (QED) is 0.879. The van der Waals surface area contributed by atoms with Crippen molar-refractivity contribution >= 4 is 27.7 Å². The summed E-state index contributed by atoms with van der Waals surface area (Å²) in [6.45, 7) is 3.16. The summed E-state index contributed by atoms with van der Waals surface area (Å²) in [4.78, 5) is 0. The number of hydrogen-bond donors (Lipinski definition) is 1. The molecule has 1 spiro atoms. The van der Waals surface area contributed by atoms with E-state index in [-0.39, 0.29) is 5.60 Å². The Hall–Kier alpha value is -0.0300. The summed E-state index contributed by atoms with van der Waals surface area (Å²) in [6.07, 6.45) is 3.52. The summed E-state index contributed by atoms with van der Waals surface area (Å²) in [5.74, 6) is 2.43. The normalized spacial score (nSPS) is 31.6. The van der Waals surface area contributed by atoms with Crippen LogP contribution in [-0.2, 0) is 4.74 Å². The van der Waals surface area contributed by atoms with E-state index < -0.39 is 0 Å². The first kappa shape index (κ1) is 14.9.